The number of hydrogen-bond acceptors (Lipinski definition) is 10. The van der Waals surface area contributed by atoms with Gasteiger partial charge >= 0.3 is 172 Å². The quantitative estimate of drug-likeness (QED) is 0.414. The molecule has 17 heteroatoms. The Kier molecular flexibility index (Phi) is 39.0. The summed E-state index contributed by atoms with van der Waals surface area (Å²) >= 11 is -12.1. The predicted molar refractivity (Wildman–Crippen MR) is 10.3 cm³/mol. The van der Waals surface area contributed by atoms with Crippen LogP contribution >= 0.6 is 0 Å². The zero-order valence-corrected chi connectivity index (χ0v) is 20.9. The number of hydrogen-bond donors (Lipinski definition) is 0. The Morgan fingerprint density at radius 2 is 0.882 bits per heavy atom. The van der Waals surface area contributed by atoms with E-state index in [2.05, 4.69) is 2.84 Å². The zero-order chi connectivity index (χ0) is 11.3. The Bertz CT molecular complexity index is 322. The average molecular weight is 384 g/mol. The molecular formula is Cr2Na4O10Si. The van der Waals surface area contributed by atoms with Crippen molar-refractivity contribution in [2.24, 2.45) is 0 Å². The van der Waals surface area contributed by atoms with Gasteiger partial charge in [-0.2, -0.15) is 0 Å². The molecule has 0 aliphatic heterocycles. The summed E-state index contributed by atoms with van der Waals surface area (Å²) in [4.78, 5) is 17.0. The van der Waals surface area contributed by atoms with Crippen LogP contribution in [-0.4, -0.2) is 9.17 Å². The molecule has 0 bridgehead atoms. The summed E-state index contributed by atoms with van der Waals surface area (Å²) in [6, 6.07) is 0. The summed E-state index contributed by atoms with van der Waals surface area (Å²) in [5, 5.41) is 0. The second-order valence-electron chi connectivity index (χ2n) is 1.13. The van der Waals surface area contributed by atoms with Gasteiger partial charge in [0.15, 0.2) is 0 Å². The first-order chi connectivity index (χ1) is 5.44. The molecule has 0 atom stereocenters. The molecule has 0 N–H and O–H groups in total. The Morgan fingerprint density at radius 1 is 0.765 bits per heavy atom. The van der Waals surface area contributed by atoms with Gasteiger partial charge in [-0.25, -0.2) is 0 Å². The maximum absolute atomic E-state index is 9.38. The molecule has 0 saturated carbocycles. The van der Waals surface area contributed by atoms with Gasteiger partial charge in [0, 0.05) is 9.17 Å². The monoisotopic (exact) mass is 384 g/mol. The summed E-state index contributed by atoms with van der Waals surface area (Å²) in [5.41, 5.74) is 0. The Labute approximate surface area is 191 Å². The minimum atomic E-state index is -6.07. The average Bonchev–Trinajstić information content (AvgIpc) is 1.47. The fourth-order valence-electron chi connectivity index (χ4n) is 0.102. The van der Waals surface area contributed by atoms with Crippen LogP contribution in [0.3, 0.4) is 0 Å². The zero-order valence-electron chi connectivity index (χ0n) is 9.40. The molecule has 0 fully saturated rings. The van der Waals surface area contributed by atoms with Crippen LogP contribution in [0.5, 0.6) is 0 Å². The SMILES string of the molecule is O=[Si]([O-])[O-].[Na+].[Na+].[Na+].[Na+].[O]=[Cr](=[O])([O-])[O][Cr](=[O])(=[O])[O-]. The van der Waals surface area contributed by atoms with Crippen LogP contribution in [0.2, 0.25) is 0 Å². The second-order valence-corrected chi connectivity index (χ2v) is 5.27. The third kappa shape index (κ3) is 65.4. The third-order valence-corrected chi connectivity index (χ3v) is 2.83. The van der Waals surface area contributed by atoms with E-state index in [0.29, 0.717) is 0 Å². The molecule has 0 aliphatic rings. The normalized spacial score (nSPS) is 8.59. The van der Waals surface area contributed by atoms with Gasteiger partial charge in [-0.1, -0.05) is 0 Å². The van der Waals surface area contributed by atoms with Crippen LogP contribution in [0.15, 0.2) is 0 Å². The van der Waals surface area contributed by atoms with Crippen molar-refractivity contribution in [1.82, 2.24) is 0 Å². The maximum atomic E-state index is 9.38. The van der Waals surface area contributed by atoms with E-state index in [4.69, 9.17) is 14.1 Å². The van der Waals surface area contributed by atoms with Gasteiger partial charge in [0.2, 0.25) is 0 Å². The van der Waals surface area contributed by atoms with E-state index in [9.17, 15) is 23.5 Å². The van der Waals surface area contributed by atoms with Crippen LogP contribution in [0.1, 0.15) is 0 Å². The molecule has 0 radical (unpaired) electrons. The first-order valence-corrected chi connectivity index (χ1v) is 7.33. The third-order valence-electron chi connectivity index (χ3n) is 0.167. The van der Waals surface area contributed by atoms with Crippen LogP contribution in [-0.2, 0) is 49.7 Å². The molecule has 0 saturated heterocycles. The van der Waals surface area contributed by atoms with Crippen molar-refractivity contribution < 1.29 is 186 Å². The van der Waals surface area contributed by atoms with E-state index < -0.39 is 36.4 Å². The Balaban J connectivity index is -0.0000000338. The molecule has 0 aromatic rings. The molecule has 80 valence electrons. The van der Waals surface area contributed by atoms with Crippen molar-refractivity contribution in [2.45, 2.75) is 0 Å². The molecule has 10 nitrogen and oxygen atoms in total. The van der Waals surface area contributed by atoms with E-state index in [1.807, 2.05) is 0 Å². The molecular weight excluding hydrogens is 384 g/mol. The Hall–Kier alpha value is 3.76. The first kappa shape index (κ1) is 37.2. The standard InChI is InChI=1S/2Cr.4Na.O3Si.7O/c;;;;;;1-4(2)3;;;;;;;/q;;4*+1;-2;;;;;;2*-1. The van der Waals surface area contributed by atoms with Crippen molar-refractivity contribution in [1.29, 1.82) is 0 Å². The van der Waals surface area contributed by atoms with E-state index >= 15 is 0 Å². The van der Waals surface area contributed by atoms with Crippen LogP contribution < -0.4 is 136 Å². The summed E-state index contributed by atoms with van der Waals surface area (Å²) in [7, 11) is -3.63. The van der Waals surface area contributed by atoms with Crippen molar-refractivity contribution in [3.8, 4) is 0 Å². The fourth-order valence-corrected chi connectivity index (χ4v) is 1.74. The molecule has 0 aromatic heterocycles. The number of rotatable bonds is 2. The molecule has 17 heavy (non-hydrogen) atoms. The summed E-state index contributed by atoms with van der Waals surface area (Å²) in [6.07, 6.45) is 0. The summed E-state index contributed by atoms with van der Waals surface area (Å²) in [6.45, 7) is 0. The topological polar surface area (TPSA) is 187 Å². The Morgan fingerprint density at radius 3 is 0.882 bits per heavy atom. The summed E-state index contributed by atoms with van der Waals surface area (Å²) in [5.74, 6) is 0. The molecule has 0 spiro atoms. The van der Waals surface area contributed by atoms with Gasteiger partial charge in [-0.3, -0.25) is 0 Å². The molecule has 0 heterocycles. The second kappa shape index (κ2) is 17.8. The van der Waals surface area contributed by atoms with Gasteiger partial charge < -0.3 is 14.1 Å². The van der Waals surface area contributed by atoms with Crippen molar-refractivity contribution in [3.63, 3.8) is 0 Å². The fraction of sp³-hybridized carbons (Fsp3) is 0. The van der Waals surface area contributed by atoms with E-state index in [-0.39, 0.29) is 118 Å². The van der Waals surface area contributed by atoms with Gasteiger partial charge in [-0.05, 0) is 0 Å². The summed E-state index contributed by atoms with van der Waals surface area (Å²) < 4.78 is 67.4. The van der Waals surface area contributed by atoms with E-state index in [1.54, 1.807) is 0 Å². The molecule has 0 amide bonds. The molecule has 0 aliphatic carbocycles. The van der Waals surface area contributed by atoms with Crippen molar-refractivity contribution in [3.05, 3.63) is 0 Å². The van der Waals surface area contributed by atoms with E-state index in [1.165, 1.54) is 0 Å². The minimum absolute atomic E-state index is 0. The van der Waals surface area contributed by atoms with Gasteiger partial charge in [-0.15, -0.1) is 0 Å². The van der Waals surface area contributed by atoms with Gasteiger partial charge in [0.25, 0.3) is 0 Å². The van der Waals surface area contributed by atoms with Crippen molar-refractivity contribution in [2.75, 3.05) is 0 Å². The van der Waals surface area contributed by atoms with Gasteiger partial charge in [0.1, 0.15) is 0 Å². The van der Waals surface area contributed by atoms with Crippen molar-refractivity contribution >= 4 is 9.17 Å². The predicted octanol–water partition coefficient (Wildman–Crippen LogP) is -17.8. The molecule has 0 aromatic carbocycles. The molecule has 0 unspecified atom stereocenters. The van der Waals surface area contributed by atoms with E-state index in [0.717, 1.165) is 0 Å². The van der Waals surface area contributed by atoms with Crippen LogP contribution in [0.25, 0.3) is 0 Å². The van der Waals surface area contributed by atoms with Crippen LogP contribution in [0.4, 0.5) is 0 Å². The molecule has 0 rings (SSSR count). The first-order valence-electron chi connectivity index (χ1n) is 1.95. The van der Waals surface area contributed by atoms with Gasteiger partial charge in [0.05, 0.1) is 0 Å². The van der Waals surface area contributed by atoms with Crippen LogP contribution in [0, 0.1) is 0 Å².